The van der Waals surface area contributed by atoms with E-state index in [4.69, 9.17) is 26.4 Å². The Kier molecular flexibility index (Phi) is 18.5. The normalized spacial score (nSPS) is 16.9. The molecule has 1 saturated heterocycles. The Bertz CT molecular complexity index is 2650. The van der Waals surface area contributed by atoms with Crippen LogP contribution in [0.25, 0.3) is 22.0 Å². The summed E-state index contributed by atoms with van der Waals surface area (Å²) in [6.07, 6.45) is 5.44. The zero-order valence-electron chi connectivity index (χ0n) is 40.6. The van der Waals surface area contributed by atoms with Gasteiger partial charge in [0, 0.05) is 78.5 Å². The molecule has 19 nitrogen and oxygen atoms in total. The van der Waals surface area contributed by atoms with E-state index >= 15 is 0 Å². The lowest BCUT2D eigenvalue weighted by atomic mass is 9.85. The predicted octanol–water partition coefficient (Wildman–Crippen LogP) is 3.55. The Morgan fingerprint density at radius 1 is 0.847 bits per heavy atom. The van der Waals surface area contributed by atoms with E-state index in [1.165, 1.54) is 0 Å². The number of rotatable bonds is 22. The highest BCUT2D eigenvalue weighted by molar-refractivity contribution is 5.98. The molecule has 1 aliphatic heterocycles. The summed E-state index contributed by atoms with van der Waals surface area (Å²) < 4.78 is 11.0. The van der Waals surface area contributed by atoms with Crippen LogP contribution < -0.4 is 53.0 Å². The molecule has 5 atom stereocenters. The van der Waals surface area contributed by atoms with Crippen molar-refractivity contribution in [2.24, 2.45) is 17.4 Å². The van der Waals surface area contributed by atoms with Crippen LogP contribution in [-0.2, 0) is 41.6 Å². The van der Waals surface area contributed by atoms with E-state index in [1.807, 2.05) is 60.7 Å². The lowest BCUT2D eigenvalue weighted by molar-refractivity contribution is -0.134. The molecule has 1 aliphatic carbocycles. The largest absolute Gasteiger partial charge is 0.508 e. The topological polar surface area (TPSA) is 291 Å². The van der Waals surface area contributed by atoms with Crippen LogP contribution in [0.15, 0.2) is 97.2 Å². The zero-order valence-corrected chi connectivity index (χ0v) is 40.6. The Labute approximate surface area is 419 Å². The average Bonchev–Trinajstić information content (AvgIpc) is 3.78. The van der Waals surface area contributed by atoms with Crippen molar-refractivity contribution in [1.29, 1.82) is 5.41 Å². The van der Waals surface area contributed by atoms with E-state index in [2.05, 4.69) is 41.8 Å². The second kappa shape index (κ2) is 25.5. The van der Waals surface area contributed by atoms with E-state index in [-0.39, 0.29) is 49.5 Å². The van der Waals surface area contributed by atoms with Crippen LogP contribution in [0.1, 0.15) is 56.1 Å². The van der Waals surface area contributed by atoms with E-state index in [0.717, 1.165) is 48.3 Å². The number of phenols is 1. The van der Waals surface area contributed by atoms with Crippen molar-refractivity contribution >= 4 is 57.8 Å². The summed E-state index contributed by atoms with van der Waals surface area (Å²) >= 11 is 0. The standard InChI is InChI=1S/C53H67N11O8/c1-71-47-11-3-2-9-41(47)34-14-12-33(13-15-34)27-45(63-52(70)46(62-49(67)35-7-6-8-37(54)28-35)29-36-31-58-43-21-20-40(65)30-42(36)43)51(69)61-44(10-4-5-22-57-53(55)56)50(68)59-32-48(66)60-38-16-18-39(19-17-38)64-23-25-72-26-24-64/h2-3,9,11-21,30-31,35,37,44-46,58,65H,4-8,10,22-29,32,54H2,1H3,(H,59,68)(H,60,66)(H,61,69)(H,62,67)(H,63,70)(H4,55,56,57). The number of nitrogens with two attached hydrogens (primary N) is 2. The summed E-state index contributed by atoms with van der Waals surface area (Å²) in [7, 11) is 1.60. The third-order valence-electron chi connectivity index (χ3n) is 13.2. The summed E-state index contributed by atoms with van der Waals surface area (Å²) in [4.78, 5) is 75.9. The minimum absolute atomic E-state index is 0.00746. The molecule has 0 bridgehead atoms. The summed E-state index contributed by atoms with van der Waals surface area (Å²) in [5.41, 5.74) is 17.1. The highest BCUT2D eigenvalue weighted by Crippen LogP contribution is 2.30. The number of guanidine groups is 1. The molecule has 5 unspecified atom stereocenters. The molecule has 5 amide bonds. The van der Waals surface area contributed by atoms with Gasteiger partial charge >= 0.3 is 0 Å². The van der Waals surface area contributed by atoms with Crippen LogP contribution >= 0.6 is 0 Å². The number of para-hydroxylation sites is 1. The summed E-state index contributed by atoms with van der Waals surface area (Å²) in [5, 5.41) is 35.6. The number of fused-ring (bicyclic) bond motifs is 1. The zero-order chi connectivity index (χ0) is 51.0. The molecular formula is C53H67N11O8. The third-order valence-corrected chi connectivity index (χ3v) is 13.2. The van der Waals surface area contributed by atoms with Crippen molar-refractivity contribution in [3.05, 3.63) is 108 Å². The molecule has 1 saturated carbocycles. The second-order valence-electron chi connectivity index (χ2n) is 18.4. The summed E-state index contributed by atoms with van der Waals surface area (Å²) in [6, 6.07) is 23.6. The maximum Gasteiger partial charge on any atom is 0.243 e. The smallest absolute Gasteiger partial charge is 0.243 e. The molecule has 2 heterocycles. The van der Waals surface area contributed by atoms with Crippen LogP contribution in [0.4, 0.5) is 11.4 Å². The molecule has 382 valence electrons. The first-order chi connectivity index (χ1) is 34.8. The summed E-state index contributed by atoms with van der Waals surface area (Å²) in [6.45, 7) is 2.77. The van der Waals surface area contributed by atoms with Gasteiger partial charge in [-0.25, -0.2) is 0 Å². The minimum atomic E-state index is -1.26. The average molecular weight is 986 g/mol. The van der Waals surface area contributed by atoms with Gasteiger partial charge in [0.05, 0.1) is 26.9 Å². The molecule has 13 N–H and O–H groups in total. The number of benzene rings is 4. The number of amides is 5. The number of morpholine rings is 1. The van der Waals surface area contributed by atoms with Crippen LogP contribution in [0, 0.1) is 11.3 Å². The Morgan fingerprint density at radius 2 is 1.57 bits per heavy atom. The van der Waals surface area contributed by atoms with Gasteiger partial charge in [-0.15, -0.1) is 0 Å². The Morgan fingerprint density at radius 3 is 2.29 bits per heavy atom. The second-order valence-corrected chi connectivity index (χ2v) is 18.4. The maximum atomic E-state index is 14.7. The molecule has 7 rings (SSSR count). The van der Waals surface area contributed by atoms with Crippen molar-refractivity contribution in [3.63, 3.8) is 0 Å². The van der Waals surface area contributed by atoms with Gasteiger partial charge in [0.15, 0.2) is 5.96 Å². The minimum Gasteiger partial charge on any atom is -0.508 e. The fourth-order valence-electron chi connectivity index (χ4n) is 9.25. The molecule has 2 aliphatic rings. The van der Waals surface area contributed by atoms with Crippen LogP contribution in [0.2, 0.25) is 0 Å². The van der Waals surface area contributed by atoms with E-state index < -0.39 is 47.7 Å². The van der Waals surface area contributed by atoms with Gasteiger partial charge in [0.2, 0.25) is 29.5 Å². The SMILES string of the molecule is COc1ccccc1-c1ccc(CC(NC(=O)C(Cc2c[nH]c3ccc(O)cc23)NC(=O)C2CCCC(N)C2)C(=O)NC(CCCCNC(=N)N)C(=O)NCC(=O)Nc2ccc(N3CCOCC3)cc2)cc1. The predicted molar refractivity (Wildman–Crippen MR) is 276 cm³/mol. The van der Waals surface area contributed by atoms with E-state index in [1.54, 1.807) is 43.6 Å². The van der Waals surface area contributed by atoms with Gasteiger partial charge < -0.3 is 67.8 Å². The summed E-state index contributed by atoms with van der Waals surface area (Å²) in [5.74, 6) is -2.65. The molecule has 4 aromatic carbocycles. The first-order valence-corrected chi connectivity index (χ1v) is 24.6. The van der Waals surface area contributed by atoms with E-state index in [0.29, 0.717) is 73.4 Å². The number of phenolic OH excluding ortho intramolecular Hbond substituents is 1. The van der Waals surface area contributed by atoms with Crippen molar-refractivity contribution in [2.75, 3.05) is 56.7 Å². The monoisotopic (exact) mass is 986 g/mol. The van der Waals surface area contributed by atoms with Crippen molar-refractivity contribution in [3.8, 4) is 22.6 Å². The quantitative estimate of drug-likeness (QED) is 0.0270. The van der Waals surface area contributed by atoms with Gasteiger partial charge in [-0.2, -0.15) is 0 Å². The third kappa shape index (κ3) is 14.7. The number of aromatic nitrogens is 1. The first kappa shape index (κ1) is 52.2. The van der Waals surface area contributed by atoms with Gasteiger partial charge in [-0.1, -0.05) is 48.9 Å². The van der Waals surface area contributed by atoms with Gasteiger partial charge in [-0.3, -0.25) is 29.4 Å². The fraction of sp³-hybridized carbons (Fsp3) is 0.396. The molecular weight excluding hydrogens is 919 g/mol. The van der Waals surface area contributed by atoms with Crippen molar-refractivity contribution in [1.82, 2.24) is 31.6 Å². The number of methoxy groups -OCH3 is 1. The molecule has 19 heteroatoms. The van der Waals surface area contributed by atoms with Crippen LogP contribution in [0.5, 0.6) is 11.5 Å². The van der Waals surface area contributed by atoms with E-state index in [9.17, 15) is 29.1 Å². The lowest BCUT2D eigenvalue weighted by Crippen LogP contribution is -2.58. The number of unbranched alkanes of at least 4 members (excludes halogenated alkanes) is 1. The van der Waals surface area contributed by atoms with Gasteiger partial charge in [0.25, 0.3) is 0 Å². The number of nitrogens with one attached hydrogen (secondary N) is 8. The molecule has 0 spiro atoms. The molecule has 5 aromatic rings. The van der Waals surface area contributed by atoms with Gasteiger partial charge in [0.1, 0.15) is 29.6 Å². The number of ether oxygens (including phenoxy) is 2. The number of hydrogen-bond acceptors (Lipinski definition) is 11. The Hall–Kier alpha value is -7.64. The first-order valence-electron chi connectivity index (χ1n) is 24.6. The molecule has 1 aromatic heterocycles. The highest BCUT2D eigenvalue weighted by Gasteiger charge is 2.33. The van der Waals surface area contributed by atoms with Crippen molar-refractivity contribution in [2.45, 2.75) is 82.0 Å². The van der Waals surface area contributed by atoms with Crippen molar-refractivity contribution < 1.29 is 38.6 Å². The van der Waals surface area contributed by atoms with Gasteiger partial charge in [-0.05, 0) is 104 Å². The molecule has 0 radical (unpaired) electrons. The fourth-order valence-corrected chi connectivity index (χ4v) is 9.25. The number of hydrogen-bond donors (Lipinski definition) is 11. The molecule has 2 fully saturated rings. The maximum absolute atomic E-state index is 14.7. The number of carbonyl (C=O) groups is 5. The number of aromatic amines is 1. The number of carbonyl (C=O) groups excluding carboxylic acids is 5. The number of nitrogens with zero attached hydrogens (tertiary/aromatic N) is 1. The van der Waals surface area contributed by atoms with Crippen LogP contribution in [0.3, 0.4) is 0 Å². The Balaban J connectivity index is 1.12. The number of H-pyrrole nitrogens is 1. The molecule has 72 heavy (non-hydrogen) atoms. The lowest BCUT2D eigenvalue weighted by Gasteiger charge is -2.29. The number of anilines is 2. The number of aromatic hydroxyl groups is 1. The highest BCUT2D eigenvalue weighted by atomic mass is 16.5. The van der Waals surface area contributed by atoms with Crippen LogP contribution in [-0.4, -0.2) is 116 Å².